The van der Waals surface area contributed by atoms with Crippen molar-refractivity contribution in [2.45, 2.75) is 25.7 Å². The molecule has 0 aliphatic heterocycles. The number of hydrogen-bond donors (Lipinski definition) is 1. The predicted octanol–water partition coefficient (Wildman–Crippen LogP) is 2.99. The molecule has 4 rings (SSSR count). The van der Waals surface area contributed by atoms with Crippen LogP contribution in [0.15, 0.2) is 30.7 Å². The molecule has 3 aromatic rings. The van der Waals surface area contributed by atoms with E-state index in [9.17, 15) is 0 Å². The average molecular weight is 279 g/mol. The van der Waals surface area contributed by atoms with Gasteiger partial charge in [-0.05, 0) is 42.9 Å². The smallest absolute Gasteiger partial charge is 0.163 e. The van der Waals surface area contributed by atoms with Crippen molar-refractivity contribution in [1.82, 2.24) is 19.7 Å². The highest BCUT2D eigenvalue weighted by molar-refractivity contribution is 5.88. The van der Waals surface area contributed by atoms with Gasteiger partial charge in [-0.1, -0.05) is 12.1 Å². The molecule has 0 bridgehead atoms. The quantitative estimate of drug-likeness (QED) is 0.783. The van der Waals surface area contributed by atoms with Crippen LogP contribution in [-0.4, -0.2) is 19.7 Å². The highest BCUT2D eigenvalue weighted by Crippen LogP contribution is 2.31. The van der Waals surface area contributed by atoms with Crippen LogP contribution in [0.1, 0.15) is 24.0 Å². The van der Waals surface area contributed by atoms with E-state index >= 15 is 0 Å². The Morgan fingerprint density at radius 2 is 2.05 bits per heavy atom. The highest BCUT2D eigenvalue weighted by atomic mass is 15.3. The number of nitrogens with one attached hydrogen (secondary N) is 1. The van der Waals surface area contributed by atoms with Gasteiger partial charge >= 0.3 is 0 Å². The molecule has 106 valence electrons. The Hall–Kier alpha value is -2.43. The van der Waals surface area contributed by atoms with Gasteiger partial charge in [-0.2, -0.15) is 5.10 Å². The standard InChI is InChI=1S/C16H17N5/c1-21-16-13(9-19-21)15(17-10-18-16)20-14-8-4-6-11-5-2-3-7-12(11)14/h4,6,8-10H,2-3,5,7H2,1H3,(H,17,18,20). The van der Waals surface area contributed by atoms with E-state index < -0.39 is 0 Å². The van der Waals surface area contributed by atoms with E-state index in [1.807, 2.05) is 13.2 Å². The van der Waals surface area contributed by atoms with Crippen molar-refractivity contribution < 1.29 is 0 Å². The number of anilines is 2. The molecule has 21 heavy (non-hydrogen) atoms. The van der Waals surface area contributed by atoms with Gasteiger partial charge in [-0.25, -0.2) is 9.97 Å². The Labute approximate surface area is 123 Å². The average Bonchev–Trinajstić information content (AvgIpc) is 2.90. The molecule has 0 saturated heterocycles. The van der Waals surface area contributed by atoms with Crippen LogP contribution >= 0.6 is 0 Å². The maximum Gasteiger partial charge on any atom is 0.163 e. The summed E-state index contributed by atoms with van der Waals surface area (Å²) in [5, 5.41) is 8.70. The van der Waals surface area contributed by atoms with Crippen molar-refractivity contribution in [3.63, 3.8) is 0 Å². The van der Waals surface area contributed by atoms with Gasteiger partial charge in [0, 0.05) is 12.7 Å². The second-order valence-corrected chi connectivity index (χ2v) is 5.50. The number of hydrogen-bond acceptors (Lipinski definition) is 4. The molecule has 1 N–H and O–H groups in total. The van der Waals surface area contributed by atoms with Crippen molar-refractivity contribution in [2.24, 2.45) is 7.05 Å². The summed E-state index contributed by atoms with van der Waals surface area (Å²) in [7, 11) is 1.89. The van der Waals surface area contributed by atoms with E-state index in [0.29, 0.717) is 0 Å². The fourth-order valence-corrected chi connectivity index (χ4v) is 3.09. The molecule has 1 aromatic carbocycles. The molecule has 1 aliphatic carbocycles. The Bertz CT molecular complexity index is 806. The van der Waals surface area contributed by atoms with Gasteiger partial charge in [0.2, 0.25) is 0 Å². The number of nitrogens with zero attached hydrogens (tertiary/aromatic N) is 4. The fourth-order valence-electron chi connectivity index (χ4n) is 3.09. The number of aryl methyl sites for hydroxylation is 2. The van der Waals surface area contributed by atoms with E-state index in [4.69, 9.17) is 0 Å². The van der Waals surface area contributed by atoms with Crippen molar-refractivity contribution in [3.05, 3.63) is 41.9 Å². The van der Waals surface area contributed by atoms with Crippen LogP contribution in [0.5, 0.6) is 0 Å². The summed E-state index contributed by atoms with van der Waals surface area (Å²) in [4.78, 5) is 8.67. The Morgan fingerprint density at radius 3 is 3.00 bits per heavy atom. The third-order valence-corrected chi connectivity index (χ3v) is 4.18. The molecule has 0 saturated carbocycles. The van der Waals surface area contributed by atoms with Crippen LogP contribution in [0.25, 0.3) is 11.0 Å². The molecular formula is C16H17N5. The van der Waals surface area contributed by atoms with Gasteiger partial charge in [-0.3, -0.25) is 4.68 Å². The number of aromatic nitrogens is 4. The molecule has 2 heterocycles. The van der Waals surface area contributed by atoms with Gasteiger partial charge in [0.1, 0.15) is 12.1 Å². The summed E-state index contributed by atoms with van der Waals surface area (Å²) < 4.78 is 1.77. The molecule has 0 amide bonds. The third kappa shape index (κ3) is 2.05. The molecule has 0 fully saturated rings. The normalized spacial score (nSPS) is 14.1. The molecule has 0 unspecified atom stereocenters. The summed E-state index contributed by atoms with van der Waals surface area (Å²) in [6, 6.07) is 6.49. The van der Waals surface area contributed by atoms with Crippen LogP contribution in [0.2, 0.25) is 0 Å². The fraction of sp³-hybridized carbons (Fsp3) is 0.312. The zero-order chi connectivity index (χ0) is 14.2. The highest BCUT2D eigenvalue weighted by Gasteiger charge is 2.14. The van der Waals surface area contributed by atoms with E-state index in [0.717, 1.165) is 29.0 Å². The van der Waals surface area contributed by atoms with E-state index in [1.54, 1.807) is 11.0 Å². The summed E-state index contributed by atoms with van der Waals surface area (Å²) >= 11 is 0. The summed E-state index contributed by atoms with van der Waals surface area (Å²) in [5.41, 5.74) is 4.90. The van der Waals surface area contributed by atoms with Gasteiger partial charge < -0.3 is 5.32 Å². The summed E-state index contributed by atoms with van der Waals surface area (Å²) in [6.45, 7) is 0. The lowest BCUT2D eigenvalue weighted by Crippen LogP contribution is -2.07. The number of fused-ring (bicyclic) bond motifs is 2. The Balaban J connectivity index is 1.78. The zero-order valence-corrected chi connectivity index (χ0v) is 12.0. The van der Waals surface area contributed by atoms with Crippen LogP contribution < -0.4 is 5.32 Å². The second kappa shape index (κ2) is 4.84. The Kier molecular flexibility index (Phi) is 2.84. The van der Waals surface area contributed by atoms with Crippen LogP contribution in [0.3, 0.4) is 0 Å². The lowest BCUT2D eigenvalue weighted by atomic mass is 9.90. The van der Waals surface area contributed by atoms with Crippen molar-refractivity contribution >= 4 is 22.5 Å². The summed E-state index contributed by atoms with van der Waals surface area (Å²) in [5.74, 6) is 0.826. The van der Waals surface area contributed by atoms with Gasteiger partial charge in [0.25, 0.3) is 0 Å². The van der Waals surface area contributed by atoms with Gasteiger partial charge in [0.05, 0.1) is 11.6 Å². The van der Waals surface area contributed by atoms with Crippen molar-refractivity contribution in [1.29, 1.82) is 0 Å². The third-order valence-electron chi connectivity index (χ3n) is 4.18. The molecule has 5 nitrogen and oxygen atoms in total. The molecular weight excluding hydrogens is 262 g/mol. The maximum atomic E-state index is 4.39. The Morgan fingerprint density at radius 1 is 1.14 bits per heavy atom. The maximum absolute atomic E-state index is 4.39. The SMILES string of the molecule is Cn1ncc2c(Nc3cccc4c3CCCC4)ncnc21. The van der Waals surface area contributed by atoms with E-state index in [-0.39, 0.29) is 0 Å². The van der Waals surface area contributed by atoms with Gasteiger partial charge in [0.15, 0.2) is 5.65 Å². The lowest BCUT2D eigenvalue weighted by molar-refractivity contribution is 0.687. The van der Waals surface area contributed by atoms with Crippen LogP contribution in [0, 0.1) is 0 Å². The molecule has 0 spiro atoms. The minimum atomic E-state index is 0.826. The number of rotatable bonds is 2. The summed E-state index contributed by atoms with van der Waals surface area (Å²) in [6.07, 6.45) is 8.26. The first-order valence-corrected chi connectivity index (χ1v) is 7.33. The zero-order valence-electron chi connectivity index (χ0n) is 12.0. The number of benzene rings is 1. The lowest BCUT2D eigenvalue weighted by Gasteiger charge is -2.20. The first-order chi connectivity index (χ1) is 10.3. The molecule has 2 aromatic heterocycles. The molecule has 1 aliphatic rings. The molecule has 0 atom stereocenters. The predicted molar refractivity (Wildman–Crippen MR) is 82.7 cm³/mol. The second-order valence-electron chi connectivity index (χ2n) is 5.50. The topological polar surface area (TPSA) is 55.6 Å². The van der Waals surface area contributed by atoms with Crippen molar-refractivity contribution in [3.8, 4) is 0 Å². The van der Waals surface area contributed by atoms with Gasteiger partial charge in [-0.15, -0.1) is 0 Å². The largest absolute Gasteiger partial charge is 0.339 e. The minimum Gasteiger partial charge on any atom is -0.339 e. The van der Waals surface area contributed by atoms with Crippen LogP contribution in [0.4, 0.5) is 11.5 Å². The molecule has 5 heteroatoms. The monoisotopic (exact) mass is 279 g/mol. The van der Waals surface area contributed by atoms with Crippen LogP contribution in [-0.2, 0) is 19.9 Å². The van der Waals surface area contributed by atoms with E-state index in [1.165, 1.54) is 30.4 Å². The first kappa shape index (κ1) is 12.3. The minimum absolute atomic E-state index is 0.826. The van der Waals surface area contributed by atoms with Crippen molar-refractivity contribution in [2.75, 3.05) is 5.32 Å². The first-order valence-electron chi connectivity index (χ1n) is 7.33. The molecule has 0 radical (unpaired) electrons. The van der Waals surface area contributed by atoms with E-state index in [2.05, 4.69) is 38.6 Å².